The van der Waals surface area contributed by atoms with Gasteiger partial charge in [-0.05, 0) is 57.7 Å². The van der Waals surface area contributed by atoms with E-state index in [0.717, 1.165) is 37.3 Å². The minimum absolute atomic E-state index is 0.0542. The smallest absolute Gasteiger partial charge is 0.266 e. The number of amides is 1. The Bertz CT molecular complexity index is 850. The fourth-order valence-electron chi connectivity index (χ4n) is 3.24. The van der Waals surface area contributed by atoms with Crippen LogP contribution in [0.4, 0.5) is 0 Å². The molecule has 1 unspecified atom stereocenters. The van der Waals surface area contributed by atoms with Crippen molar-refractivity contribution in [2.45, 2.75) is 46.6 Å². The number of oxime groups is 1. The summed E-state index contributed by atoms with van der Waals surface area (Å²) >= 11 is 0. The van der Waals surface area contributed by atoms with Crippen molar-refractivity contribution >= 4 is 11.7 Å². The number of nitrogens with two attached hydrogens (primary N) is 1. The average molecular weight is 384 g/mol. The topological polar surface area (TPSA) is 98.6 Å². The van der Waals surface area contributed by atoms with E-state index in [0.29, 0.717) is 17.3 Å². The monoisotopic (exact) mass is 384 g/mol. The molecule has 0 radical (unpaired) electrons. The molecule has 1 aliphatic rings. The van der Waals surface area contributed by atoms with Gasteiger partial charge in [0.05, 0.1) is 5.69 Å². The second-order valence-electron chi connectivity index (χ2n) is 7.48. The van der Waals surface area contributed by atoms with Crippen LogP contribution >= 0.6 is 0 Å². The van der Waals surface area contributed by atoms with Gasteiger partial charge in [-0.15, -0.1) is 0 Å². The van der Waals surface area contributed by atoms with E-state index in [9.17, 15) is 4.79 Å². The van der Waals surface area contributed by atoms with Crippen LogP contribution in [-0.2, 0) is 9.63 Å². The fraction of sp³-hybridized carbons (Fsp3) is 0.500. The summed E-state index contributed by atoms with van der Waals surface area (Å²) < 4.78 is 1.77. The molecule has 1 amide bonds. The van der Waals surface area contributed by atoms with Gasteiger partial charge >= 0.3 is 0 Å². The molecule has 3 heterocycles. The summed E-state index contributed by atoms with van der Waals surface area (Å²) in [5.41, 5.74) is 8.55. The van der Waals surface area contributed by atoms with Gasteiger partial charge < -0.3 is 15.5 Å². The molecule has 0 aromatic carbocycles. The Balaban J connectivity index is 1.61. The van der Waals surface area contributed by atoms with Crippen LogP contribution in [0.2, 0.25) is 0 Å². The lowest BCUT2D eigenvalue weighted by atomic mass is 9.99. The third kappa shape index (κ3) is 4.49. The molecule has 150 valence electrons. The van der Waals surface area contributed by atoms with E-state index in [2.05, 4.69) is 22.2 Å². The molecule has 8 heteroatoms. The summed E-state index contributed by atoms with van der Waals surface area (Å²) in [5.74, 6) is 1.49. The van der Waals surface area contributed by atoms with E-state index in [-0.39, 0.29) is 11.7 Å². The van der Waals surface area contributed by atoms with Gasteiger partial charge in [-0.1, -0.05) is 12.1 Å². The van der Waals surface area contributed by atoms with Gasteiger partial charge in [0.25, 0.3) is 5.91 Å². The third-order valence-corrected chi connectivity index (χ3v) is 5.02. The zero-order chi connectivity index (χ0) is 20.3. The fourth-order valence-corrected chi connectivity index (χ4v) is 3.24. The van der Waals surface area contributed by atoms with E-state index in [1.165, 1.54) is 0 Å². The van der Waals surface area contributed by atoms with E-state index in [4.69, 9.17) is 10.6 Å². The molecule has 0 aliphatic carbocycles. The molecule has 2 aromatic rings. The lowest BCUT2D eigenvalue weighted by molar-refractivity contribution is -0.143. The predicted molar refractivity (Wildman–Crippen MR) is 107 cm³/mol. The van der Waals surface area contributed by atoms with Crippen LogP contribution < -0.4 is 5.73 Å². The Morgan fingerprint density at radius 2 is 2.04 bits per heavy atom. The van der Waals surface area contributed by atoms with Gasteiger partial charge in [-0.3, -0.25) is 4.79 Å². The van der Waals surface area contributed by atoms with E-state index in [1.807, 2.05) is 30.9 Å². The normalized spacial score (nSPS) is 16.9. The van der Waals surface area contributed by atoms with Crippen LogP contribution in [0.1, 0.15) is 43.6 Å². The van der Waals surface area contributed by atoms with Crippen molar-refractivity contribution in [3.05, 3.63) is 41.3 Å². The van der Waals surface area contributed by atoms with E-state index in [1.54, 1.807) is 23.9 Å². The summed E-state index contributed by atoms with van der Waals surface area (Å²) in [7, 11) is 0. The average Bonchev–Trinajstić information content (AvgIpc) is 3.04. The maximum absolute atomic E-state index is 12.5. The number of hydrogen-bond acceptors (Lipinski definition) is 5. The first kappa shape index (κ1) is 19.9. The molecule has 8 nitrogen and oxygen atoms in total. The third-order valence-electron chi connectivity index (χ3n) is 5.02. The molecule has 2 aromatic heterocycles. The first-order chi connectivity index (χ1) is 13.3. The lowest BCUT2D eigenvalue weighted by Crippen LogP contribution is -2.43. The largest absolute Gasteiger partial charge is 0.381 e. The standard InChI is InChI=1S/C20H28N6O2/c1-13-7-9-25(10-8-13)20(27)16(4)28-24-19(21)17-5-6-18(22-12-17)26-15(3)11-14(2)23-26/h5-6,11-13,16H,7-10H2,1-4H3,(H2,21,24). The van der Waals surface area contributed by atoms with Gasteiger partial charge in [-0.2, -0.15) is 5.10 Å². The van der Waals surface area contributed by atoms with Crippen molar-refractivity contribution in [2.24, 2.45) is 16.8 Å². The summed E-state index contributed by atoms with van der Waals surface area (Å²) in [4.78, 5) is 24.1. The number of amidine groups is 1. The number of aryl methyl sites for hydroxylation is 2. The van der Waals surface area contributed by atoms with E-state index < -0.39 is 6.10 Å². The van der Waals surface area contributed by atoms with Crippen LogP contribution in [0.25, 0.3) is 5.82 Å². The molecule has 1 fully saturated rings. The van der Waals surface area contributed by atoms with Crippen molar-refractivity contribution in [1.82, 2.24) is 19.7 Å². The van der Waals surface area contributed by atoms with Crippen LogP contribution in [0, 0.1) is 19.8 Å². The van der Waals surface area contributed by atoms with Crippen molar-refractivity contribution in [3.63, 3.8) is 0 Å². The highest BCUT2D eigenvalue weighted by atomic mass is 16.6. The Kier molecular flexibility index (Phi) is 5.96. The van der Waals surface area contributed by atoms with Gasteiger partial charge in [0.1, 0.15) is 0 Å². The van der Waals surface area contributed by atoms with Gasteiger partial charge in [-0.25, -0.2) is 9.67 Å². The quantitative estimate of drug-likeness (QED) is 0.484. The number of piperidine rings is 1. The second kappa shape index (κ2) is 8.41. The molecule has 1 aliphatic heterocycles. The SMILES string of the molecule is Cc1cc(C)n(-c2ccc(C(N)=NOC(C)C(=O)N3CCC(C)CC3)cn2)n1. The number of hydrogen-bond donors (Lipinski definition) is 1. The van der Waals surface area contributed by atoms with Crippen molar-refractivity contribution in [2.75, 3.05) is 13.1 Å². The Morgan fingerprint density at radius 3 is 2.61 bits per heavy atom. The molecule has 3 rings (SSSR count). The van der Waals surface area contributed by atoms with Crippen molar-refractivity contribution < 1.29 is 9.63 Å². The highest BCUT2D eigenvalue weighted by molar-refractivity contribution is 5.96. The van der Waals surface area contributed by atoms with Crippen LogP contribution in [0.15, 0.2) is 29.6 Å². The Morgan fingerprint density at radius 1 is 1.32 bits per heavy atom. The number of pyridine rings is 1. The number of rotatable bonds is 5. The molecule has 0 bridgehead atoms. The lowest BCUT2D eigenvalue weighted by Gasteiger charge is -2.31. The van der Waals surface area contributed by atoms with Gasteiger partial charge in [0, 0.05) is 30.5 Å². The second-order valence-corrected chi connectivity index (χ2v) is 7.48. The molecule has 28 heavy (non-hydrogen) atoms. The summed E-state index contributed by atoms with van der Waals surface area (Å²) in [6, 6.07) is 5.61. The van der Waals surface area contributed by atoms with Crippen LogP contribution in [-0.4, -0.2) is 50.6 Å². The van der Waals surface area contributed by atoms with Crippen molar-refractivity contribution in [1.29, 1.82) is 0 Å². The number of aromatic nitrogens is 3. The predicted octanol–water partition coefficient (Wildman–Crippen LogP) is 2.17. The molecule has 0 saturated carbocycles. The Hall–Kier alpha value is -2.90. The molecule has 2 N–H and O–H groups in total. The summed E-state index contributed by atoms with van der Waals surface area (Å²) in [6.07, 6.45) is 3.00. The highest BCUT2D eigenvalue weighted by Crippen LogP contribution is 2.17. The molecule has 1 atom stereocenters. The number of carbonyl (C=O) groups excluding carboxylic acids is 1. The summed E-state index contributed by atoms with van der Waals surface area (Å²) in [6.45, 7) is 9.35. The van der Waals surface area contributed by atoms with Crippen LogP contribution in [0.5, 0.6) is 0 Å². The Labute approximate surface area is 165 Å². The molecule has 1 saturated heterocycles. The summed E-state index contributed by atoms with van der Waals surface area (Å²) in [5, 5.41) is 8.34. The minimum Gasteiger partial charge on any atom is -0.381 e. The van der Waals surface area contributed by atoms with Crippen molar-refractivity contribution in [3.8, 4) is 5.82 Å². The zero-order valence-electron chi connectivity index (χ0n) is 16.9. The molecular weight excluding hydrogens is 356 g/mol. The first-order valence-electron chi connectivity index (χ1n) is 9.63. The number of likely N-dealkylation sites (tertiary alicyclic amines) is 1. The minimum atomic E-state index is -0.672. The van der Waals surface area contributed by atoms with Gasteiger partial charge in [0.15, 0.2) is 11.7 Å². The number of nitrogens with zero attached hydrogens (tertiary/aromatic N) is 5. The molecule has 0 spiro atoms. The van der Waals surface area contributed by atoms with E-state index >= 15 is 0 Å². The first-order valence-corrected chi connectivity index (χ1v) is 9.63. The van der Waals surface area contributed by atoms with Gasteiger partial charge in [0.2, 0.25) is 6.10 Å². The highest BCUT2D eigenvalue weighted by Gasteiger charge is 2.25. The zero-order valence-corrected chi connectivity index (χ0v) is 16.9. The number of carbonyl (C=O) groups is 1. The molecular formula is C20H28N6O2. The van der Waals surface area contributed by atoms with Crippen LogP contribution in [0.3, 0.4) is 0 Å². The maximum atomic E-state index is 12.5. The maximum Gasteiger partial charge on any atom is 0.266 e.